The summed E-state index contributed by atoms with van der Waals surface area (Å²) in [7, 11) is 0. The molecule has 3 heteroatoms. The molecule has 0 spiro atoms. The van der Waals surface area contributed by atoms with Crippen LogP contribution in [0.1, 0.15) is 42.6 Å². The Bertz CT molecular complexity index is 699. The number of fused-ring (bicyclic) bond motifs is 1. The van der Waals surface area contributed by atoms with Gasteiger partial charge in [0.2, 0.25) is 0 Å². The second-order valence-electron chi connectivity index (χ2n) is 5.80. The van der Waals surface area contributed by atoms with Crippen molar-refractivity contribution < 1.29 is 4.79 Å². The van der Waals surface area contributed by atoms with Gasteiger partial charge in [-0.05, 0) is 38.3 Å². The molecule has 110 valence electrons. The van der Waals surface area contributed by atoms with Gasteiger partial charge >= 0.3 is 0 Å². The van der Waals surface area contributed by atoms with E-state index in [4.69, 9.17) is 0 Å². The average molecular weight is 282 g/mol. The lowest BCUT2D eigenvalue weighted by molar-refractivity contribution is 0.0749. The van der Waals surface area contributed by atoms with Gasteiger partial charge < -0.3 is 9.47 Å². The second kappa shape index (κ2) is 5.40. The van der Waals surface area contributed by atoms with Crippen molar-refractivity contribution in [1.29, 1.82) is 0 Å². The number of carbonyl (C=O) groups is 1. The minimum absolute atomic E-state index is 0.170. The summed E-state index contributed by atoms with van der Waals surface area (Å²) >= 11 is 0. The Morgan fingerprint density at radius 1 is 1.48 bits per heavy atom. The van der Waals surface area contributed by atoms with Gasteiger partial charge in [-0.15, -0.1) is 0 Å². The summed E-state index contributed by atoms with van der Waals surface area (Å²) in [6.45, 7) is 9.81. The Morgan fingerprint density at radius 3 is 2.90 bits per heavy atom. The summed E-state index contributed by atoms with van der Waals surface area (Å²) in [4.78, 5) is 14.9. The topological polar surface area (TPSA) is 25.2 Å². The average Bonchev–Trinajstić information content (AvgIpc) is 3.09. The molecule has 1 saturated heterocycles. The highest BCUT2D eigenvalue weighted by Crippen LogP contribution is 2.27. The maximum absolute atomic E-state index is 12.8. The highest BCUT2D eigenvalue weighted by atomic mass is 16.2. The quantitative estimate of drug-likeness (QED) is 0.837. The van der Waals surface area contributed by atoms with Crippen molar-refractivity contribution in [2.24, 2.45) is 0 Å². The van der Waals surface area contributed by atoms with E-state index in [9.17, 15) is 4.79 Å². The van der Waals surface area contributed by atoms with Gasteiger partial charge in [0.05, 0.1) is 5.56 Å². The molecule has 0 bridgehead atoms. The molecule has 0 unspecified atom stereocenters. The maximum Gasteiger partial charge on any atom is 0.256 e. The van der Waals surface area contributed by atoms with E-state index in [-0.39, 0.29) is 5.91 Å². The van der Waals surface area contributed by atoms with Crippen LogP contribution in [-0.2, 0) is 6.54 Å². The lowest BCUT2D eigenvalue weighted by Crippen LogP contribution is -2.33. The van der Waals surface area contributed by atoms with Gasteiger partial charge in [-0.3, -0.25) is 4.79 Å². The molecule has 0 aliphatic carbocycles. The zero-order valence-electron chi connectivity index (χ0n) is 12.8. The van der Waals surface area contributed by atoms with E-state index in [0.717, 1.165) is 48.0 Å². The smallest absolute Gasteiger partial charge is 0.256 e. The molecule has 1 aromatic carbocycles. The molecular formula is C18H22N2O. The Balaban J connectivity index is 2.10. The molecule has 2 aromatic rings. The first-order chi connectivity index (χ1) is 10.2. The lowest BCUT2D eigenvalue weighted by Gasteiger charge is -2.21. The lowest BCUT2D eigenvalue weighted by atomic mass is 10.1. The molecule has 1 aromatic heterocycles. The number of likely N-dealkylation sites (tertiary alicyclic amines) is 1. The van der Waals surface area contributed by atoms with E-state index in [2.05, 4.69) is 31.1 Å². The molecular weight excluding hydrogens is 260 g/mol. The summed E-state index contributed by atoms with van der Waals surface area (Å²) in [6, 6.07) is 6.53. The number of nitrogens with zero attached hydrogens (tertiary/aromatic N) is 2. The first kappa shape index (κ1) is 13.9. The van der Waals surface area contributed by atoms with Crippen molar-refractivity contribution in [1.82, 2.24) is 9.47 Å². The van der Waals surface area contributed by atoms with E-state index in [1.54, 1.807) is 0 Å². The van der Waals surface area contributed by atoms with Crippen LogP contribution < -0.4 is 0 Å². The number of amides is 1. The first-order valence-corrected chi connectivity index (χ1v) is 7.72. The van der Waals surface area contributed by atoms with Crippen molar-refractivity contribution in [3.05, 3.63) is 42.1 Å². The van der Waals surface area contributed by atoms with Gasteiger partial charge in [0.15, 0.2) is 0 Å². The molecule has 3 rings (SSSR count). The van der Waals surface area contributed by atoms with Crippen LogP contribution in [0.15, 0.2) is 31.0 Å². The molecule has 21 heavy (non-hydrogen) atoms. The summed E-state index contributed by atoms with van der Waals surface area (Å²) in [5.41, 5.74) is 3.03. The monoisotopic (exact) mass is 282 g/mol. The summed E-state index contributed by atoms with van der Waals surface area (Å²) in [5, 5.41) is 1.05. The third kappa shape index (κ3) is 2.27. The predicted octanol–water partition coefficient (Wildman–Crippen LogP) is 3.93. The number of benzene rings is 1. The van der Waals surface area contributed by atoms with Crippen LogP contribution in [0, 0.1) is 0 Å². The molecule has 1 amide bonds. The van der Waals surface area contributed by atoms with Crippen molar-refractivity contribution in [2.45, 2.75) is 39.3 Å². The Labute approximate surface area is 125 Å². The third-order valence-electron chi connectivity index (χ3n) is 4.53. The van der Waals surface area contributed by atoms with E-state index >= 15 is 0 Å². The van der Waals surface area contributed by atoms with E-state index in [0.29, 0.717) is 6.04 Å². The normalized spacial score (nSPS) is 18.4. The van der Waals surface area contributed by atoms with Crippen LogP contribution in [0.4, 0.5) is 0 Å². The first-order valence-electron chi connectivity index (χ1n) is 7.72. The van der Waals surface area contributed by atoms with Crippen molar-refractivity contribution in [3.63, 3.8) is 0 Å². The SMILES string of the molecule is C=Cc1ccc2c(C(=O)N3CCC[C@H]3C)cn(CC)c2c1. The molecule has 0 N–H and O–H groups in total. The molecule has 1 fully saturated rings. The van der Waals surface area contributed by atoms with Crippen LogP contribution in [0.25, 0.3) is 17.0 Å². The van der Waals surface area contributed by atoms with Crippen molar-refractivity contribution >= 4 is 22.9 Å². The largest absolute Gasteiger partial charge is 0.347 e. The maximum atomic E-state index is 12.8. The van der Waals surface area contributed by atoms with Crippen LogP contribution >= 0.6 is 0 Å². The number of hydrogen-bond donors (Lipinski definition) is 0. The van der Waals surface area contributed by atoms with Crippen LogP contribution in [-0.4, -0.2) is 28.0 Å². The Hall–Kier alpha value is -2.03. The molecule has 0 saturated carbocycles. The molecule has 3 nitrogen and oxygen atoms in total. The molecule has 2 heterocycles. The van der Waals surface area contributed by atoms with Crippen molar-refractivity contribution in [3.8, 4) is 0 Å². The zero-order chi connectivity index (χ0) is 15.0. The van der Waals surface area contributed by atoms with Crippen LogP contribution in [0.5, 0.6) is 0 Å². The van der Waals surface area contributed by atoms with Crippen LogP contribution in [0.2, 0.25) is 0 Å². The summed E-state index contributed by atoms with van der Waals surface area (Å²) < 4.78 is 2.15. The number of rotatable bonds is 3. The number of carbonyl (C=O) groups excluding carboxylic acids is 1. The minimum Gasteiger partial charge on any atom is -0.347 e. The van der Waals surface area contributed by atoms with Gasteiger partial charge in [-0.25, -0.2) is 0 Å². The van der Waals surface area contributed by atoms with Gasteiger partial charge in [-0.2, -0.15) is 0 Å². The fourth-order valence-corrected chi connectivity index (χ4v) is 3.26. The molecule has 0 radical (unpaired) electrons. The number of hydrogen-bond acceptors (Lipinski definition) is 1. The Morgan fingerprint density at radius 2 is 2.29 bits per heavy atom. The van der Waals surface area contributed by atoms with E-state index < -0.39 is 0 Å². The van der Waals surface area contributed by atoms with E-state index in [1.807, 2.05) is 29.3 Å². The van der Waals surface area contributed by atoms with Gasteiger partial charge in [0, 0.05) is 36.2 Å². The highest BCUT2D eigenvalue weighted by molar-refractivity contribution is 6.07. The molecule has 1 atom stereocenters. The number of aryl methyl sites for hydroxylation is 1. The fourth-order valence-electron chi connectivity index (χ4n) is 3.26. The predicted molar refractivity (Wildman–Crippen MR) is 87.4 cm³/mol. The molecule has 1 aliphatic heterocycles. The second-order valence-corrected chi connectivity index (χ2v) is 5.80. The Kier molecular flexibility index (Phi) is 3.58. The third-order valence-corrected chi connectivity index (χ3v) is 4.53. The standard InChI is InChI=1S/C18H22N2O/c1-4-14-8-9-15-16(12-19(5-2)17(15)11-14)18(21)20-10-6-7-13(20)3/h4,8-9,11-13H,1,5-7,10H2,2-3H3/t13-/m1/s1. The summed E-state index contributed by atoms with van der Waals surface area (Å²) in [6.07, 6.45) is 6.07. The van der Waals surface area contributed by atoms with Gasteiger partial charge in [0.25, 0.3) is 5.91 Å². The summed E-state index contributed by atoms with van der Waals surface area (Å²) in [5.74, 6) is 0.170. The zero-order valence-corrected chi connectivity index (χ0v) is 12.8. The van der Waals surface area contributed by atoms with Crippen LogP contribution in [0.3, 0.4) is 0 Å². The fraction of sp³-hybridized carbons (Fsp3) is 0.389. The van der Waals surface area contributed by atoms with Gasteiger partial charge in [0.1, 0.15) is 0 Å². The minimum atomic E-state index is 0.170. The molecule has 1 aliphatic rings. The van der Waals surface area contributed by atoms with Gasteiger partial charge in [-0.1, -0.05) is 24.8 Å². The number of aromatic nitrogens is 1. The van der Waals surface area contributed by atoms with E-state index in [1.165, 1.54) is 0 Å². The highest BCUT2D eigenvalue weighted by Gasteiger charge is 2.28. The van der Waals surface area contributed by atoms with Crippen molar-refractivity contribution in [2.75, 3.05) is 6.54 Å².